The van der Waals surface area contributed by atoms with Gasteiger partial charge in [-0.3, -0.25) is 4.79 Å². The van der Waals surface area contributed by atoms with E-state index in [9.17, 15) is 9.59 Å². The number of carbonyl (C=O) groups is 2. The first kappa shape index (κ1) is 16.9. The lowest BCUT2D eigenvalue weighted by Crippen LogP contribution is -2.09. The second-order valence-electron chi connectivity index (χ2n) is 4.50. The summed E-state index contributed by atoms with van der Waals surface area (Å²) in [4.78, 5) is 28.2. The van der Waals surface area contributed by atoms with Gasteiger partial charge >= 0.3 is 5.97 Å². The van der Waals surface area contributed by atoms with E-state index in [1.807, 2.05) is 24.3 Å². The Bertz CT molecular complexity index is 683. The number of hydrogen-bond acceptors (Lipinski definition) is 5. The number of ether oxygens (including phenoxy) is 1. The molecule has 0 saturated carbocycles. The standard InChI is InChI=1S/C15H15IN2O3S/c1-3-21-14(20)13-12(22-15(18-13)17-9(2)19)8-10-4-6-11(16)7-5-10/h4-7H,3,8H2,1-2H3,(H,17,18,19). The predicted octanol–water partition coefficient (Wildman–Crippen LogP) is 3.47. The van der Waals surface area contributed by atoms with Crippen molar-refractivity contribution in [2.24, 2.45) is 0 Å². The normalized spacial score (nSPS) is 10.3. The Hall–Kier alpha value is -1.48. The molecule has 0 aliphatic rings. The molecule has 0 bridgehead atoms. The van der Waals surface area contributed by atoms with Crippen LogP contribution in [0.3, 0.4) is 0 Å². The number of hydrogen-bond donors (Lipinski definition) is 1. The van der Waals surface area contributed by atoms with Crippen molar-refractivity contribution in [2.45, 2.75) is 20.3 Å². The van der Waals surface area contributed by atoms with Crippen LogP contribution < -0.4 is 5.32 Å². The van der Waals surface area contributed by atoms with E-state index in [0.717, 1.165) is 14.0 Å². The molecule has 1 amide bonds. The highest BCUT2D eigenvalue weighted by molar-refractivity contribution is 14.1. The number of rotatable bonds is 5. The minimum atomic E-state index is -0.462. The van der Waals surface area contributed by atoms with Crippen molar-refractivity contribution in [2.75, 3.05) is 11.9 Å². The van der Waals surface area contributed by atoms with Crippen molar-refractivity contribution in [3.05, 3.63) is 44.0 Å². The number of aromatic nitrogens is 1. The van der Waals surface area contributed by atoms with Gasteiger partial charge in [-0.15, -0.1) is 11.3 Å². The Morgan fingerprint density at radius 2 is 2.00 bits per heavy atom. The lowest BCUT2D eigenvalue weighted by atomic mass is 10.1. The van der Waals surface area contributed by atoms with E-state index in [0.29, 0.717) is 11.6 Å². The molecule has 0 radical (unpaired) electrons. The second-order valence-corrected chi connectivity index (χ2v) is 6.82. The van der Waals surface area contributed by atoms with Crippen molar-refractivity contribution in [3.63, 3.8) is 0 Å². The Kier molecular flexibility index (Phi) is 5.90. The smallest absolute Gasteiger partial charge is 0.358 e. The molecule has 0 aliphatic heterocycles. The van der Waals surface area contributed by atoms with Crippen molar-refractivity contribution < 1.29 is 14.3 Å². The average Bonchev–Trinajstić information content (AvgIpc) is 2.83. The van der Waals surface area contributed by atoms with E-state index < -0.39 is 5.97 Å². The van der Waals surface area contributed by atoms with Crippen LogP contribution in [-0.4, -0.2) is 23.5 Å². The van der Waals surface area contributed by atoms with Crippen LogP contribution in [0.25, 0.3) is 0 Å². The molecule has 0 unspecified atom stereocenters. The van der Waals surface area contributed by atoms with Gasteiger partial charge in [-0.2, -0.15) is 0 Å². The van der Waals surface area contributed by atoms with E-state index in [1.54, 1.807) is 6.92 Å². The molecule has 0 fully saturated rings. The topological polar surface area (TPSA) is 68.3 Å². The summed E-state index contributed by atoms with van der Waals surface area (Å²) < 4.78 is 6.18. The molecule has 2 aromatic rings. The maximum atomic E-state index is 12.0. The third-order valence-electron chi connectivity index (χ3n) is 2.73. The third kappa shape index (κ3) is 4.51. The minimum absolute atomic E-state index is 0.218. The molecule has 116 valence electrons. The van der Waals surface area contributed by atoms with Crippen LogP contribution in [0, 0.1) is 3.57 Å². The van der Waals surface area contributed by atoms with E-state index in [1.165, 1.54) is 18.3 Å². The van der Waals surface area contributed by atoms with E-state index >= 15 is 0 Å². The van der Waals surface area contributed by atoms with Crippen molar-refractivity contribution in [1.29, 1.82) is 0 Å². The highest BCUT2D eigenvalue weighted by atomic mass is 127. The van der Waals surface area contributed by atoms with Crippen LogP contribution in [0.15, 0.2) is 24.3 Å². The highest BCUT2D eigenvalue weighted by Crippen LogP contribution is 2.26. The van der Waals surface area contributed by atoms with Gasteiger partial charge in [-0.1, -0.05) is 12.1 Å². The molecule has 0 aliphatic carbocycles. The van der Waals surface area contributed by atoms with E-state index in [2.05, 4.69) is 32.9 Å². The number of nitrogens with one attached hydrogen (secondary N) is 1. The van der Waals surface area contributed by atoms with Crippen LogP contribution in [-0.2, 0) is 16.0 Å². The number of carbonyl (C=O) groups excluding carboxylic acids is 2. The largest absolute Gasteiger partial charge is 0.461 e. The maximum absolute atomic E-state index is 12.0. The van der Waals surface area contributed by atoms with Gasteiger partial charge in [0.1, 0.15) is 0 Å². The van der Waals surface area contributed by atoms with Gasteiger partial charge in [0.25, 0.3) is 0 Å². The summed E-state index contributed by atoms with van der Waals surface area (Å²) in [6.07, 6.45) is 0.572. The van der Waals surface area contributed by atoms with Crippen LogP contribution >= 0.6 is 33.9 Å². The van der Waals surface area contributed by atoms with Gasteiger partial charge in [0.15, 0.2) is 10.8 Å². The van der Waals surface area contributed by atoms with Gasteiger partial charge in [0.2, 0.25) is 5.91 Å². The molecule has 0 saturated heterocycles. The molecular weight excluding hydrogens is 415 g/mol. The first-order valence-corrected chi connectivity index (χ1v) is 8.58. The first-order chi connectivity index (χ1) is 10.5. The molecule has 0 atom stereocenters. The molecule has 0 spiro atoms. The molecule has 1 N–H and O–H groups in total. The molecule has 2 rings (SSSR count). The van der Waals surface area contributed by atoms with Crippen molar-refractivity contribution >= 4 is 50.9 Å². The molecular formula is C15H15IN2O3S. The van der Waals surface area contributed by atoms with Gasteiger partial charge < -0.3 is 10.1 Å². The SMILES string of the molecule is CCOC(=O)c1nc(NC(C)=O)sc1Cc1ccc(I)cc1. The molecule has 7 heteroatoms. The van der Waals surface area contributed by atoms with Gasteiger partial charge in [-0.25, -0.2) is 9.78 Å². The summed E-state index contributed by atoms with van der Waals surface area (Å²) in [7, 11) is 0. The molecule has 1 aromatic carbocycles. The fourth-order valence-electron chi connectivity index (χ4n) is 1.82. The quantitative estimate of drug-likeness (QED) is 0.583. The Balaban J connectivity index is 2.30. The summed E-state index contributed by atoms with van der Waals surface area (Å²) in [6, 6.07) is 8.04. The lowest BCUT2D eigenvalue weighted by Gasteiger charge is -2.03. The first-order valence-electron chi connectivity index (χ1n) is 6.68. The summed E-state index contributed by atoms with van der Waals surface area (Å²) in [5.41, 5.74) is 1.35. The van der Waals surface area contributed by atoms with E-state index in [-0.39, 0.29) is 18.2 Å². The monoisotopic (exact) mass is 430 g/mol. The Morgan fingerprint density at radius 1 is 1.32 bits per heavy atom. The summed E-state index contributed by atoms with van der Waals surface area (Å²) in [5.74, 6) is -0.680. The summed E-state index contributed by atoms with van der Waals surface area (Å²) >= 11 is 3.54. The predicted molar refractivity (Wildman–Crippen MR) is 94.3 cm³/mol. The van der Waals surface area contributed by atoms with E-state index in [4.69, 9.17) is 4.74 Å². The lowest BCUT2D eigenvalue weighted by molar-refractivity contribution is -0.114. The number of nitrogens with zero attached hydrogens (tertiary/aromatic N) is 1. The van der Waals surface area contributed by atoms with Crippen LogP contribution in [0.1, 0.15) is 34.8 Å². The molecule has 22 heavy (non-hydrogen) atoms. The molecule has 5 nitrogen and oxygen atoms in total. The number of esters is 1. The summed E-state index contributed by atoms with van der Waals surface area (Å²) in [5, 5.41) is 3.03. The third-order valence-corrected chi connectivity index (χ3v) is 4.42. The van der Waals surface area contributed by atoms with Crippen LogP contribution in [0.5, 0.6) is 0 Å². The minimum Gasteiger partial charge on any atom is -0.461 e. The zero-order valence-electron chi connectivity index (χ0n) is 12.2. The zero-order valence-corrected chi connectivity index (χ0v) is 15.2. The Labute approximate surface area is 146 Å². The number of amides is 1. The average molecular weight is 430 g/mol. The highest BCUT2D eigenvalue weighted by Gasteiger charge is 2.20. The fourth-order valence-corrected chi connectivity index (χ4v) is 3.21. The zero-order chi connectivity index (χ0) is 16.1. The summed E-state index contributed by atoms with van der Waals surface area (Å²) in [6.45, 7) is 3.44. The van der Waals surface area contributed by atoms with Gasteiger partial charge in [0.05, 0.1) is 6.61 Å². The van der Waals surface area contributed by atoms with Gasteiger partial charge in [-0.05, 0) is 47.2 Å². The Morgan fingerprint density at radius 3 is 2.59 bits per heavy atom. The molecule has 1 heterocycles. The maximum Gasteiger partial charge on any atom is 0.358 e. The van der Waals surface area contributed by atoms with Crippen LogP contribution in [0.2, 0.25) is 0 Å². The second kappa shape index (κ2) is 7.68. The number of anilines is 1. The number of thiazole rings is 1. The van der Waals surface area contributed by atoms with Crippen molar-refractivity contribution in [3.8, 4) is 0 Å². The number of halogens is 1. The van der Waals surface area contributed by atoms with Crippen LogP contribution in [0.4, 0.5) is 5.13 Å². The van der Waals surface area contributed by atoms with Gasteiger partial charge in [0, 0.05) is 21.8 Å². The molecule has 1 aromatic heterocycles. The van der Waals surface area contributed by atoms with Crippen molar-refractivity contribution in [1.82, 2.24) is 4.98 Å². The fraction of sp³-hybridized carbons (Fsp3) is 0.267. The number of benzene rings is 1.